The Kier molecular flexibility index (Phi) is 6.36. The zero-order valence-corrected chi connectivity index (χ0v) is 17.0. The van der Waals surface area contributed by atoms with Gasteiger partial charge in [0.1, 0.15) is 0 Å². The van der Waals surface area contributed by atoms with E-state index in [1.54, 1.807) is 24.3 Å². The average molecular weight is 403 g/mol. The summed E-state index contributed by atoms with van der Waals surface area (Å²) in [6.45, 7) is 3.46. The number of nitrogens with zero attached hydrogens (tertiary/aromatic N) is 1. The number of nitrogens with one attached hydrogen (secondary N) is 1. The minimum Gasteiger partial charge on any atom is -0.376 e. The van der Waals surface area contributed by atoms with E-state index in [0.717, 1.165) is 30.6 Å². The summed E-state index contributed by atoms with van der Waals surface area (Å²) in [5.41, 5.74) is 3.03. The van der Waals surface area contributed by atoms with Gasteiger partial charge in [-0.1, -0.05) is 29.8 Å². The molecular weight excluding hydrogens is 376 g/mol. The van der Waals surface area contributed by atoms with Crippen molar-refractivity contribution < 1.29 is 17.9 Å². The number of anilines is 1. The minimum absolute atomic E-state index is 0.0819. The van der Waals surface area contributed by atoms with Crippen LogP contribution in [0.25, 0.3) is 0 Å². The first-order valence-corrected chi connectivity index (χ1v) is 11.2. The van der Waals surface area contributed by atoms with Crippen molar-refractivity contribution in [1.82, 2.24) is 5.32 Å². The zero-order chi connectivity index (χ0) is 20.1. The van der Waals surface area contributed by atoms with Gasteiger partial charge < -0.3 is 10.1 Å². The minimum atomic E-state index is -3.46. The maximum atomic E-state index is 12.3. The second-order valence-electron chi connectivity index (χ2n) is 7.15. The number of sulfonamides is 1. The highest BCUT2D eigenvalue weighted by molar-refractivity contribution is 7.92. The van der Waals surface area contributed by atoms with Gasteiger partial charge in [-0.2, -0.15) is 0 Å². The van der Waals surface area contributed by atoms with Crippen molar-refractivity contribution in [3.05, 3.63) is 65.2 Å². The van der Waals surface area contributed by atoms with Crippen molar-refractivity contribution in [3.63, 3.8) is 0 Å². The van der Waals surface area contributed by atoms with E-state index in [1.807, 2.05) is 31.2 Å². The van der Waals surface area contributed by atoms with Crippen molar-refractivity contribution in [3.8, 4) is 0 Å². The molecule has 1 aliphatic heterocycles. The highest BCUT2D eigenvalue weighted by Crippen LogP contribution is 2.21. The number of amides is 1. The van der Waals surface area contributed by atoms with Crippen LogP contribution in [0.5, 0.6) is 0 Å². The molecule has 1 fully saturated rings. The molecule has 1 saturated heterocycles. The molecule has 7 heteroatoms. The summed E-state index contributed by atoms with van der Waals surface area (Å²) in [6, 6.07) is 14.4. The summed E-state index contributed by atoms with van der Waals surface area (Å²) in [7, 11) is -3.46. The van der Waals surface area contributed by atoms with Crippen LogP contribution >= 0.6 is 0 Å². The molecule has 2 aromatic rings. The molecule has 0 bridgehead atoms. The van der Waals surface area contributed by atoms with Crippen LogP contribution < -0.4 is 9.62 Å². The third kappa shape index (κ3) is 5.33. The Morgan fingerprint density at radius 2 is 1.82 bits per heavy atom. The Bertz CT molecular complexity index is 902. The summed E-state index contributed by atoms with van der Waals surface area (Å²) in [6.07, 6.45) is 3.25. The summed E-state index contributed by atoms with van der Waals surface area (Å²) in [4.78, 5) is 12.3. The smallest absolute Gasteiger partial charge is 0.251 e. The lowest BCUT2D eigenvalue weighted by molar-refractivity contribution is 0.0858. The topological polar surface area (TPSA) is 75.7 Å². The first-order chi connectivity index (χ1) is 13.3. The molecule has 1 aliphatic rings. The number of ether oxygens (including phenoxy) is 1. The van der Waals surface area contributed by atoms with E-state index in [-0.39, 0.29) is 18.6 Å². The van der Waals surface area contributed by atoms with Gasteiger partial charge in [0.2, 0.25) is 10.0 Å². The standard InChI is InChI=1S/C21H26N2O4S/c1-16-5-7-17(8-6-16)15-23(28(2,25)26)19-11-9-18(10-12-19)21(24)22-14-20-4-3-13-27-20/h5-12,20H,3-4,13-15H2,1-2H3,(H,22,24)/t20-/m1/s1. The Labute approximate surface area is 166 Å². The van der Waals surface area contributed by atoms with Crippen molar-refractivity contribution in [2.45, 2.75) is 32.4 Å². The molecule has 1 N–H and O–H groups in total. The van der Waals surface area contributed by atoms with Gasteiger partial charge in [-0.25, -0.2) is 8.42 Å². The molecule has 2 aromatic carbocycles. The average Bonchev–Trinajstić information content (AvgIpc) is 3.18. The van der Waals surface area contributed by atoms with E-state index in [0.29, 0.717) is 17.8 Å². The van der Waals surface area contributed by atoms with Crippen LogP contribution in [-0.4, -0.2) is 39.8 Å². The summed E-state index contributed by atoms with van der Waals surface area (Å²) >= 11 is 0. The fraction of sp³-hybridized carbons (Fsp3) is 0.381. The molecule has 0 radical (unpaired) electrons. The maximum absolute atomic E-state index is 12.3. The van der Waals surface area contributed by atoms with Crippen molar-refractivity contribution in [2.24, 2.45) is 0 Å². The molecule has 0 unspecified atom stereocenters. The first kappa shape index (κ1) is 20.4. The van der Waals surface area contributed by atoms with Gasteiger partial charge in [0.05, 0.1) is 24.6 Å². The van der Waals surface area contributed by atoms with Crippen LogP contribution in [0, 0.1) is 6.92 Å². The number of carbonyl (C=O) groups is 1. The molecule has 3 rings (SSSR count). The lowest BCUT2D eigenvalue weighted by Gasteiger charge is -2.23. The SMILES string of the molecule is Cc1ccc(CN(c2ccc(C(=O)NC[C@H]3CCCO3)cc2)S(C)(=O)=O)cc1. The number of carbonyl (C=O) groups excluding carboxylic acids is 1. The van der Waals surface area contributed by atoms with Crippen LogP contribution in [-0.2, 0) is 21.3 Å². The van der Waals surface area contributed by atoms with Gasteiger partial charge in [-0.3, -0.25) is 9.10 Å². The predicted octanol–water partition coefficient (Wildman–Crippen LogP) is 2.87. The Balaban J connectivity index is 1.70. The molecular formula is C21H26N2O4S. The molecule has 28 heavy (non-hydrogen) atoms. The fourth-order valence-corrected chi connectivity index (χ4v) is 4.04. The molecule has 1 atom stereocenters. The summed E-state index contributed by atoms with van der Waals surface area (Å²) < 4.78 is 31.5. The van der Waals surface area contributed by atoms with E-state index in [9.17, 15) is 13.2 Å². The van der Waals surface area contributed by atoms with Gasteiger partial charge in [-0.05, 0) is 49.6 Å². The number of aryl methyl sites for hydroxylation is 1. The Morgan fingerprint density at radius 1 is 1.14 bits per heavy atom. The molecule has 0 aliphatic carbocycles. The van der Waals surface area contributed by atoms with Crippen molar-refractivity contribution in [1.29, 1.82) is 0 Å². The van der Waals surface area contributed by atoms with Gasteiger partial charge in [0.15, 0.2) is 0 Å². The molecule has 1 amide bonds. The van der Waals surface area contributed by atoms with Gasteiger partial charge >= 0.3 is 0 Å². The molecule has 0 spiro atoms. The highest BCUT2D eigenvalue weighted by atomic mass is 32.2. The number of rotatable bonds is 7. The van der Waals surface area contributed by atoms with Gasteiger partial charge in [0, 0.05) is 18.7 Å². The van der Waals surface area contributed by atoms with Crippen LogP contribution in [0.1, 0.15) is 34.3 Å². The Hall–Kier alpha value is -2.38. The molecule has 150 valence electrons. The van der Waals surface area contributed by atoms with E-state index in [2.05, 4.69) is 5.32 Å². The van der Waals surface area contributed by atoms with Crippen LogP contribution in [0.4, 0.5) is 5.69 Å². The third-order valence-electron chi connectivity index (χ3n) is 4.78. The fourth-order valence-electron chi connectivity index (χ4n) is 3.15. The van der Waals surface area contributed by atoms with Crippen molar-refractivity contribution >= 4 is 21.6 Å². The van der Waals surface area contributed by atoms with Crippen LogP contribution in [0.15, 0.2) is 48.5 Å². The number of hydrogen-bond acceptors (Lipinski definition) is 4. The first-order valence-electron chi connectivity index (χ1n) is 9.36. The summed E-state index contributed by atoms with van der Waals surface area (Å²) in [5.74, 6) is -0.188. The van der Waals surface area contributed by atoms with E-state index in [1.165, 1.54) is 10.6 Å². The van der Waals surface area contributed by atoms with Gasteiger partial charge in [0.25, 0.3) is 5.91 Å². The molecule has 1 heterocycles. The maximum Gasteiger partial charge on any atom is 0.251 e. The van der Waals surface area contributed by atoms with Crippen molar-refractivity contribution in [2.75, 3.05) is 23.7 Å². The number of hydrogen-bond donors (Lipinski definition) is 1. The van der Waals surface area contributed by atoms with E-state index >= 15 is 0 Å². The monoisotopic (exact) mass is 402 g/mol. The lowest BCUT2D eigenvalue weighted by Crippen LogP contribution is -2.32. The molecule has 6 nitrogen and oxygen atoms in total. The predicted molar refractivity (Wildman–Crippen MR) is 110 cm³/mol. The second-order valence-corrected chi connectivity index (χ2v) is 9.05. The lowest BCUT2D eigenvalue weighted by atomic mass is 10.1. The molecule has 0 aromatic heterocycles. The quantitative estimate of drug-likeness (QED) is 0.773. The van der Waals surface area contributed by atoms with Crippen LogP contribution in [0.3, 0.4) is 0 Å². The number of benzene rings is 2. The second kappa shape index (κ2) is 8.75. The largest absolute Gasteiger partial charge is 0.376 e. The zero-order valence-electron chi connectivity index (χ0n) is 16.2. The van der Waals surface area contributed by atoms with Gasteiger partial charge in [-0.15, -0.1) is 0 Å². The molecule has 0 saturated carbocycles. The van der Waals surface area contributed by atoms with E-state index in [4.69, 9.17) is 4.74 Å². The summed E-state index contributed by atoms with van der Waals surface area (Å²) in [5, 5.41) is 2.87. The van der Waals surface area contributed by atoms with E-state index < -0.39 is 10.0 Å². The van der Waals surface area contributed by atoms with Crippen LogP contribution in [0.2, 0.25) is 0 Å². The Morgan fingerprint density at radius 3 is 2.39 bits per heavy atom. The highest BCUT2D eigenvalue weighted by Gasteiger charge is 2.19. The normalized spacial score (nSPS) is 16.7. The third-order valence-corrected chi connectivity index (χ3v) is 5.92.